The van der Waals surface area contributed by atoms with Gasteiger partial charge in [0.2, 0.25) is 0 Å². The summed E-state index contributed by atoms with van der Waals surface area (Å²) >= 11 is 5.91. The van der Waals surface area contributed by atoms with Crippen molar-refractivity contribution in [2.24, 2.45) is 5.92 Å². The van der Waals surface area contributed by atoms with Crippen LogP contribution in [0.1, 0.15) is 37.8 Å². The third-order valence-corrected chi connectivity index (χ3v) is 4.21. The molecule has 2 heteroatoms. The Morgan fingerprint density at radius 2 is 2.06 bits per heavy atom. The fourth-order valence-corrected chi connectivity index (χ4v) is 2.96. The van der Waals surface area contributed by atoms with Crippen molar-refractivity contribution in [3.8, 4) is 0 Å². The average Bonchev–Trinajstić information content (AvgIpc) is 2.32. The van der Waals surface area contributed by atoms with Gasteiger partial charge in [0.15, 0.2) is 0 Å². The van der Waals surface area contributed by atoms with Crippen LogP contribution < -0.4 is 4.90 Å². The normalized spacial score (nSPS) is 25.1. The topological polar surface area (TPSA) is 3.24 Å². The standard InChI is InChI=1S/C15H22ClN/c1-11-4-5-13(3)17(10-11)15-7-6-14(9-16)12(2)8-15/h6-8,11,13H,4-5,9-10H2,1-3H3. The second-order valence-electron chi connectivity index (χ2n) is 5.43. The van der Waals surface area contributed by atoms with E-state index >= 15 is 0 Å². The highest BCUT2D eigenvalue weighted by Gasteiger charge is 2.23. The SMILES string of the molecule is Cc1cc(N2CC(C)CCC2C)ccc1CCl. The van der Waals surface area contributed by atoms with Gasteiger partial charge in [-0.15, -0.1) is 11.6 Å². The zero-order chi connectivity index (χ0) is 12.4. The molecular formula is C15H22ClN. The van der Waals surface area contributed by atoms with Crippen LogP contribution in [0.25, 0.3) is 0 Å². The summed E-state index contributed by atoms with van der Waals surface area (Å²) in [5.41, 5.74) is 3.91. The van der Waals surface area contributed by atoms with Crippen molar-refractivity contribution in [1.29, 1.82) is 0 Å². The summed E-state index contributed by atoms with van der Waals surface area (Å²) in [7, 11) is 0. The van der Waals surface area contributed by atoms with Gasteiger partial charge in [-0.25, -0.2) is 0 Å². The highest BCUT2D eigenvalue weighted by Crippen LogP contribution is 2.29. The van der Waals surface area contributed by atoms with Crippen LogP contribution in [-0.2, 0) is 5.88 Å². The molecule has 1 aliphatic heterocycles. The van der Waals surface area contributed by atoms with E-state index in [1.165, 1.54) is 36.2 Å². The first-order chi connectivity index (χ1) is 8.11. The van der Waals surface area contributed by atoms with E-state index in [9.17, 15) is 0 Å². The molecule has 0 amide bonds. The van der Waals surface area contributed by atoms with E-state index < -0.39 is 0 Å². The number of rotatable bonds is 2. The fraction of sp³-hybridized carbons (Fsp3) is 0.600. The Kier molecular flexibility index (Phi) is 3.98. The molecule has 1 fully saturated rings. The van der Waals surface area contributed by atoms with Crippen molar-refractivity contribution in [3.05, 3.63) is 29.3 Å². The fourth-order valence-electron chi connectivity index (χ4n) is 2.66. The first-order valence-electron chi connectivity index (χ1n) is 6.54. The van der Waals surface area contributed by atoms with Crippen LogP contribution in [0.15, 0.2) is 18.2 Å². The highest BCUT2D eigenvalue weighted by atomic mass is 35.5. The maximum absolute atomic E-state index is 5.91. The van der Waals surface area contributed by atoms with Gasteiger partial charge in [-0.3, -0.25) is 0 Å². The quantitative estimate of drug-likeness (QED) is 0.706. The van der Waals surface area contributed by atoms with Crippen molar-refractivity contribution in [3.63, 3.8) is 0 Å². The van der Waals surface area contributed by atoms with Crippen molar-refractivity contribution < 1.29 is 0 Å². The summed E-state index contributed by atoms with van der Waals surface area (Å²) in [5, 5.41) is 0. The number of alkyl halides is 1. The molecule has 2 rings (SSSR count). The summed E-state index contributed by atoms with van der Waals surface area (Å²) in [5.74, 6) is 1.41. The molecule has 1 saturated heterocycles. The molecular weight excluding hydrogens is 230 g/mol. The van der Waals surface area contributed by atoms with Crippen molar-refractivity contribution in [2.45, 2.75) is 45.5 Å². The van der Waals surface area contributed by atoms with Gasteiger partial charge in [0.25, 0.3) is 0 Å². The Hall–Kier alpha value is -0.690. The Morgan fingerprint density at radius 1 is 1.29 bits per heavy atom. The molecule has 0 saturated carbocycles. The molecule has 1 aliphatic rings. The zero-order valence-corrected chi connectivity index (χ0v) is 11.8. The predicted octanol–water partition coefficient (Wildman–Crippen LogP) is 4.36. The maximum Gasteiger partial charge on any atom is 0.0476 e. The molecule has 17 heavy (non-hydrogen) atoms. The van der Waals surface area contributed by atoms with E-state index in [1.807, 2.05) is 0 Å². The smallest absolute Gasteiger partial charge is 0.0476 e. The second kappa shape index (κ2) is 5.30. The monoisotopic (exact) mass is 251 g/mol. The molecule has 1 nitrogen and oxygen atoms in total. The minimum Gasteiger partial charge on any atom is -0.369 e. The van der Waals surface area contributed by atoms with Crippen LogP contribution in [0, 0.1) is 12.8 Å². The molecule has 94 valence electrons. The number of halogens is 1. The van der Waals surface area contributed by atoms with Crippen molar-refractivity contribution in [2.75, 3.05) is 11.4 Å². The third kappa shape index (κ3) is 2.77. The van der Waals surface area contributed by atoms with E-state index in [4.69, 9.17) is 11.6 Å². The molecule has 0 aliphatic carbocycles. The van der Waals surface area contributed by atoms with Crippen LogP contribution in [-0.4, -0.2) is 12.6 Å². The molecule has 0 radical (unpaired) electrons. The highest BCUT2D eigenvalue weighted by molar-refractivity contribution is 6.17. The Balaban J connectivity index is 2.23. The van der Waals surface area contributed by atoms with Gasteiger partial charge in [-0.1, -0.05) is 13.0 Å². The minimum atomic E-state index is 0.609. The molecule has 1 aromatic carbocycles. The van der Waals surface area contributed by atoms with E-state index in [0.29, 0.717) is 11.9 Å². The first kappa shape index (κ1) is 12.8. The number of nitrogens with zero attached hydrogens (tertiary/aromatic N) is 1. The maximum atomic E-state index is 5.91. The zero-order valence-electron chi connectivity index (χ0n) is 11.0. The van der Waals surface area contributed by atoms with Crippen LogP contribution in [0.3, 0.4) is 0 Å². The largest absolute Gasteiger partial charge is 0.369 e. The Bertz CT molecular complexity index is 389. The molecule has 1 aromatic rings. The average molecular weight is 252 g/mol. The molecule has 0 bridgehead atoms. The van der Waals surface area contributed by atoms with Gasteiger partial charge in [-0.2, -0.15) is 0 Å². The molecule has 1 heterocycles. The van der Waals surface area contributed by atoms with E-state index in [1.54, 1.807) is 0 Å². The van der Waals surface area contributed by atoms with Gasteiger partial charge in [0, 0.05) is 24.2 Å². The van der Waals surface area contributed by atoms with Crippen LogP contribution in [0.4, 0.5) is 5.69 Å². The summed E-state index contributed by atoms with van der Waals surface area (Å²) in [6.07, 6.45) is 2.66. The number of aryl methyl sites for hydroxylation is 1. The van der Waals surface area contributed by atoms with Crippen molar-refractivity contribution >= 4 is 17.3 Å². The Labute approximate surface area is 110 Å². The molecule has 2 atom stereocenters. The van der Waals surface area contributed by atoms with Crippen LogP contribution in [0.5, 0.6) is 0 Å². The van der Waals surface area contributed by atoms with Crippen LogP contribution in [0.2, 0.25) is 0 Å². The van der Waals surface area contributed by atoms with E-state index in [0.717, 1.165) is 5.92 Å². The molecule has 0 spiro atoms. The van der Waals surface area contributed by atoms with Crippen LogP contribution >= 0.6 is 11.6 Å². The number of hydrogen-bond acceptors (Lipinski definition) is 1. The summed E-state index contributed by atoms with van der Waals surface area (Å²) < 4.78 is 0. The van der Waals surface area contributed by atoms with E-state index in [-0.39, 0.29) is 0 Å². The Morgan fingerprint density at radius 3 is 2.71 bits per heavy atom. The van der Waals surface area contributed by atoms with Crippen molar-refractivity contribution in [1.82, 2.24) is 0 Å². The molecule has 0 aromatic heterocycles. The molecule has 2 unspecified atom stereocenters. The van der Waals surface area contributed by atoms with Gasteiger partial charge in [0.1, 0.15) is 0 Å². The second-order valence-corrected chi connectivity index (χ2v) is 5.70. The third-order valence-electron chi connectivity index (χ3n) is 3.92. The van der Waals surface area contributed by atoms with Gasteiger partial charge in [-0.05, 0) is 55.9 Å². The lowest BCUT2D eigenvalue weighted by atomic mass is 9.94. The number of benzene rings is 1. The molecule has 0 N–H and O–H groups in total. The van der Waals surface area contributed by atoms with Gasteiger partial charge < -0.3 is 4.90 Å². The lowest BCUT2D eigenvalue weighted by Gasteiger charge is -2.39. The summed E-state index contributed by atoms with van der Waals surface area (Å²) in [6, 6.07) is 7.34. The van der Waals surface area contributed by atoms with E-state index in [2.05, 4.69) is 43.9 Å². The summed E-state index contributed by atoms with van der Waals surface area (Å²) in [4.78, 5) is 2.54. The lowest BCUT2D eigenvalue weighted by Crippen LogP contribution is -2.41. The number of hydrogen-bond donors (Lipinski definition) is 0. The number of anilines is 1. The minimum absolute atomic E-state index is 0.609. The summed E-state index contributed by atoms with van der Waals surface area (Å²) in [6.45, 7) is 8.01. The number of piperidine rings is 1. The van der Waals surface area contributed by atoms with Gasteiger partial charge in [0.05, 0.1) is 0 Å². The predicted molar refractivity (Wildman–Crippen MR) is 75.9 cm³/mol. The first-order valence-corrected chi connectivity index (χ1v) is 7.07. The van der Waals surface area contributed by atoms with Gasteiger partial charge >= 0.3 is 0 Å². The lowest BCUT2D eigenvalue weighted by molar-refractivity contribution is 0.390.